The number of anilines is 1. The van der Waals surface area contributed by atoms with Gasteiger partial charge in [-0.15, -0.1) is 16.4 Å². The zero-order chi connectivity index (χ0) is 22.6. The molecule has 0 bridgehead atoms. The van der Waals surface area contributed by atoms with E-state index >= 15 is 0 Å². The average Bonchev–Trinajstić information content (AvgIpc) is 3.54. The maximum absolute atomic E-state index is 6.19. The van der Waals surface area contributed by atoms with Gasteiger partial charge in [0.05, 0.1) is 19.7 Å². The monoisotopic (exact) mass is 480 g/mol. The Kier molecular flexibility index (Phi) is 6.57. The molecule has 0 radical (unpaired) electrons. The molecule has 1 unspecified atom stereocenters. The fraction of sp³-hybridized carbons (Fsp3) is 0.292. The van der Waals surface area contributed by atoms with E-state index in [0.717, 1.165) is 48.3 Å². The summed E-state index contributed by atoms with van der Waals surface area (Å²) in [7, 11) is 1.69. The third kappa shape index (κ3) is 4.88. The van der Waals surface area contributed by atoms with Crippen molar-refractivity contribution in [3.05, 3.63) is 87.3 Å². The van der Waals surface area contributed by atoms with Gasteiger partial charge in [-0.1, -0.05) is 29.8 Å². The Morgan fingerprint density at radius 1 is 1.00 bits per heavy atom. The highest BCUT2D eigenvalue weighted by Crippen LogP contribution is 2.30. The number of rotatable bonds is 7. The Morgan fingerprint density at radius 3 is 2.42 bits per heavy atom. The first kappa shape index (κ1) is 21.9. The molecule has 0 spiro atoms. The number of aromatic nitrogens is 4. The van der Waals surface area contributed by atoms with Gasteiger partial charge in [0.25, 0.3) is 0 Å². The molecule has 3 heterocycles. The first-order valence-corrected chi connectivity index (χ1v) is 12.1. The number of piperazine rings is 1. The van der Waals surface area contributed by atoms with Gasteiger partial charge in [-0.25, -0.2) is 4.68 Å². The van der Waals surface area contributed by atoms with E-state index in [-0.39, 0.29) is 6.04 Å². The Morgan fingerprint density at radius 2 is 1.76 bits per heavy atom. The second kappa shape index (κ2) is 9.91. The van der Waals surface area contributed by atoms with E-state index in [1.54, 1.807) is 18.4 Å². The Labute approximate surface area is 202 Å². The van der Waals surface area contributed by atoms with E-state index in [1.807, 2.05) is 28.9 Å². The van der Waals surface area contributed by atoms with Crippen molar-refractivity contribution in [2.75, 3.05) is 38.2 Å². The molecule has 5 rings (SSSR count). The van der Waals surface area contributed by atoms with Crippen molar-refractivity contribution in [2.45, 2.75) is 12.6 Å². The number of ether oxygens (including phenoxy) is 1. The van der Waals surface area contributed by atoms with Crippen LogP contribution in [0.1, 0.15) is 22.3 Å². The van der Waals surface area contributed by atoms with Crippen molar-refractivity contribution in [3.8, 4) is 5.75 Å². The van der Waals surface area contributed by atoms with Gasteiger partial charge < -0.3 is 9.64 Å². The van der Waals surface area contributed by atoms with E-state index in [2.05, 4.69) is 67.1 Å². The van der Waals surface area contributed by atoms with Crippen LogP contribution in [0, 0.1) is 0 Å². The van der Waals surface area contributed by atoms with Crippen LogP contribution in [0.5, 0.6) is 5.75 Å². The second-order valence-corrected chi connectivity index (χ2v) is 9.42. The minimum Gasteiger partial charge on any atom is -0.497 e. The lowest BCUT2D eigenvalue weighted by atomic mass is 10.0. The maximum Gasteiger partial charge on any atom is 0.173 e. The summed E-state index contributed by atoms with van der Waals surface area (Å²) in [5.74, 6) is 1.72. The zero-order valence-electron chi connectivity index (χ0n) is 18.3. The maximum atomic E-state index is 6.19. The van der Waals surface area contributed by atoms with Crippen molar-refractivity contribution in [1.82, 2.24) is 25.1 Å². The fourth-order valence-corrected chi connectivity index (χ4v) is 5.08. The lowest BCUT2D eigenvalue weighted by molar-refractivity contribution is 0.201. The lowest BCUT2D eigenvalue weighted by Crippen LogP contribution is -2.48. The van der Waals surface area contributed by atoms with Crippen LogP contribution in [0.25, 0.3) is 0 Å². The Balaban J connectivity index is 1.39. The minimum absolute atomic E-state index is 0.0461. The number of hydrogen-bond acceptors (Lipinski definition) is 7. The van der Waals surface area contributed by atoms with Gasteiger partial charge in [0.2, 0.25) is 0 Å². The van der Waals surface area contributed by atoms with E-state index in [0.29, 0.717) is 6.54 Å². The van der Waals surface area contributed by atoms with Crippen LogP contribution >= 0.6 is 22.9 Å². The molecule has 0 aliphatic carbocycles. The van der Waals surface area contributed by atoms with E-state index in [4.69, 9.17) is 16.3 Å². The molecule has 1 atom stereocenters. The zero-order valence-corrected chi connectivity index (χ0v) is 19.9. The summed E-state index contributed by atoms with van der Waals surface area (Å²) in [6.45, 7) is 4.29. The molecular weight excluding hydrogens is 456 g/mol. The Bertz CT molecular complexity index is 1150. The second-order valence-electron chi connectivity index (χ2n) is 7.95. The standard InChI is InChI=1S/C24H25ClN6OS/c1-32-21-10-8-20(9-11-21)29-12-14-30(15-13-29)23(18-4-6-19(25)7-5-18)24-26-27-28-31(24)17-22-3-2-16-33-22/h2-11,16,23H,12-15,17H2,1H3. The van der Waals surface area contributed by atoms with E-state index in [1.165, 1.54) is 10.6 Å². The van der Waals surface area contributed by atoms with Crippen LogP contribution in [0.4, 0.5) is 5.69 Å². The molecule has 0 amide bonds. The number of hydrogen-bond donors (Lipinski definition) is 0. The average molecular weight is 481 g/mol. The van der Waals surface area contributed by atoms with Gasteiger partial charge in [-0.05, 0) is 63.8 Å². The third-order valence-corrected chi connectivity index (χ3v) is 7.11. The largest absolute Gasteiger partial charge is 0.497 e. The van der Waals surface area contributed by atoms with Crippen LogP contribution in [0.3, 0.4) is 0 Å². The fourth-order valence-electron chi connectivity index (χ4n) is 4.27. The Hall–Kier alpha value is -2.94. The van der Waals surface area contributed by atoms with Gasteiger partial charge in [-0.3, -0.25) is 4.90 Å². The SMILES string of the molecule is COc1ccc(N2CCN(C(c3ccc(Cl)cc3)c3nnnn3Cc3cccs3)CC2)cc1. The smallest absolute Gasteiger partial charge is 0.173 e. The summed E-state index contributed by atoms with van der Waals surface area (Å²) in [6.07, 6.45) is 0. The molecule has 1 aliphatic rings. The number of halogens is 1. The van der Waals surface area contributed by atoms with Gasteiger partial charge in [-0.2, -0.15) is 0 Å². The number of methoxy groups -OCH3 is 1. The van der Waals surface area contributed by atoms with Crippen molar-refractivity contribution >= 4 is 28.6 Å². The number of tetrazole rings is 1. The molecule has 1 aliphatic heterocycles. The predicted octanol–water partition coefficient (Wildman–Crippen LogP) is 4.36. The highest BCUT2D eigenvalue weighted by atomic mass is 35.5. The third-order valence-electron chi connectivity index (χ3n) is 5.99. The van der Waals surface area contributed by atoms with E-state index in [9.17, 15) is 0 Å². The minimum atomic E-state index is -0.0461. The van der Waals surface area contributed by atoms with Crippen molar-refractivity contribution in [1.29, 1.82) is 0 Å². The van der Waals surface area contributed by atoms with Gasteiger partial charge in [0, 0.05) is 41.8 Å². The van der Waals surface area contributed by atoms with Crippen molar-refractivity contribution < 1.29 is 4.74 Å². The van der Waals surface area contributed by atoms with Crippen molar-refractivity contribution in [3.63, 3.8) is 0 Å². The molecule has 170 valence electrons. The summed E-state index contributed by atoms with van der Waals surface area (Å²) in [6, 6.07) is 20.4. The van der Waals surface area contributed by atoms with Gasteiger partial charge in [0.15, 0.2) is 5.82 Å². The summed E-state index contributed by atoms with van der Waals surface area (Å²) < 4.78 is 7.21. The summed E-state index contributed by atoms with van der Waals surface area (Å²) in [4.78, 5) is 6.09. The highest BCUT2D eigenvalue weighted by Gasteiger charge is 2.30. The van der Waals surface area contributed by atoms with Crippen LogP contribution in [0.15, 0.2) is 66.0 Å². The quantitative estimate of drug-likeness (QED) is 0.392. The van der Waals surface area contributed by atoms with Gasteiger partial charge in [0.1, 0.15) is 5.75 Å². The lowest BCUT2D eigenvalue weighted by Gasteiger charge is -2.40. The highest BCUT2D eigenvalue weighted by molar-refractivity contribution is 7.09. The topological polar surface area (TPSA) is 59.3 Å². The first-order chi connectivity index (χ1) is 16.2. The molecule has 0 N–H and O–H groups in total. The van der Waals surface area contributed by atoms with Crippen molar-refractivity contribution in [2.24, 2.45) is 0 Å². The predicted molar refractivity (Wildman–Crippen MR) is 131 cm³/mol. The number of nitrogens with zero attached hydrogens (tertiary/aromatic N) is 6. The number of thiophene rings is 1. The first-order valence-electron chi connectivity index (χ1n) is 10.9. The van der Waals surface area contributed by atoms with Crippen LogP contribution in [-0.4, -0.2) is 58.4 Å². The summed E-state index contributed by atoms with van der Waals surface area (Å²) in [5, 5.41) is 15.6. The number of benzene rings is 2. The summed E-state index contributed by atoms with van der Waals surface area (Å²) >= 11 is 7.90. The molecule has 9 heteroatoms. The molecule has 0 saturated carbocycles. The van der Waals surface area contributed by atoms with Crippen LogP contribution in [-0.2, 0) is 6.54 Å². The normalized spacial score (nSPS) is 15.5. The molecule has 2 aromatic heterocycles. The van der Waals surface area contributed by atoms with Gasteiger partial charge >= 0.3 is 0 Å². The molecule has 4 aromatic rings. The molecule has 1 saturated heterocycles. The molecule has 33 heavy (non-hydrogen) atoms. The van der Waals surface area contributed by atoms with Crippen LogP contribution in [0.2, 0.25) is 5.02 Å². The van der Waals surface area contributed by atoms with E-state index < -0.39 is 0 Å². The van der Waals surface area contributed by atoms with Crippen LogP contribution < -0.4 is 9.64 Å². The summed E-state index contributed by atoms with van der Waals surface area (Å²) in [5.41, 5.74) is 2.35. The molecule has 1 fully saturated rings. The molecule has 2 aromatic carbocycles. The molecular formula is C24H25ClN6OS. The molecule has 7 nitrogen and oxygen atoms in total.